The highest BCUT2D eigenvalue weighted by molar-refractivity contribution is 7.85. The van der Waals surface area contributed by atoms with E-state index in [1.54, 1.807) is 44.2 Å². The zero-order chi connectivity index (χ0) is 68.3. The Balaban J connectivity index is 0.968. The standard InChI is InChI=1S/C61H71ClFN9O20S/c1-33-12-11-13-47(89-7)61(82)31-46(90-59(81)67-61)34(2)56-60(4,92-56)48(30-53(77)70(5)44-25-36(24-33)26-45(88-6)55(44)62)91-54(78)28-38-16-15-37(27-41(38)63)35(3)68-69-57(79)40-18-17-39(29-43(40)72(83)84)65-50(74)21-22-64-58(80)42(32-93(85,86)87)66-49(73)14-9-8-10-23-71-51(75)19-20-52(71)76/h11-13,15-20,25-27,29,34,42,46-48,56,82H,8-10,14,21-24,28,30-32H2,1-7H3,(H,64,80)(H,65,74)(H,66,73)(H,67,81)(H,69,79)(H,85,86,87)/b13-11+,33-12+,68-35+/t34-,42+,46+,47-,48+,56+,60+,61+/m1/s1. The number of nitro benzene ring substituents is 1. The summed E-state index contributed by atoms with van der Waals surface area (Å²) in [6.07, 6.45) is 1.64. The van der Waals surface area contributed by atoms with Crippen LogP contribution in [0.5, 0.6) is 5.75 Å². The van der Waals surface area contributed by atoms with Crippen LogP contribution in [-0.4, -0.2) is 169 Å². The highest BCUT2D eigenvalue weighted by Gasteiger charge is 2.64. The number of hydrogen-bond acceptors (Lipinski definition) is 20. The molecule has 7 N–H and O–H groups in total. The van der Waals surface area contributed by atoms with Crippen molar-refractivity contribution in [3.8, 4) is 5.75 Å². The van der Waals surface area contributed by atoms with E-state index in [4.69, 9.17) is 35.3 Å². The smallest absolute Gasteiger partial charge is 0.409 e. The van der Waals surface area contributed by atoms with E-state index < -0.39 is 165 Å². The molecule has 3 aromatic carbocycles. The number of rotatable bonds is 23. The quantitative estimate of drug-likeness (QED) is 0.0101. The summed E-state index contributed by atoms with van der Waals surface area (Å²) in [5.74, 6) is -8.68. The molecule has 0 unspecified atom stereocenters. The summed E-state index contributed by atoms with van der Waals surface area (Å²) in [4.78, 5) is 130. The fraction of sp³-hybridized carbons (Fsp3) is 0.443. The van der Waals surface area contributed by atoms with Crippen LogP contribution >= 0.6 is 11.6 Å². The van der Waals surface area contributed by atoms with E-state index in [0.29, 0.717) is 24.8 Å². The van der Waals surface area contributed by atoms with E-state index in [0.717, 1.165) is 46.9 Å². The maximum atomic E-state index is 16.0. The van der Waals surface area contributed by atoms with Crippen molar-refractivity contribution in [2.45, 2.75) is 127 Å². The molecule has 4 bridgehead atoms. The van der Waals surface area contributed by atoms with Crippen molar-refractivity contribution in [2.75, 3.05) is 50.3 Å². The van der Waals surface area contributed by atoms with E-state index in [1.165, 1.54) is 45.2 Å². The van der Waals surface area contributed by atoms with E-state index in [-0.39, 0.29) is 64.8 Å². The van der Waals surface area contributed by atoms with Gasteiger partial charge < -0.3 is 49.6 Å². The molecule has 29 nitrogen and oxygen atoms in total. The minimum absolute atomic E-state index is 0.0100. The normalized spacial score (nSPS) is 23.7. The Hall–Kier alpha value is -9.01. The minimum Gasteiger partial charge on any atom is -0.495 e. The molecule has 2 saturated heterocycles. The van der Waals surface area contributed by atoms with Crippen LogP contribution in [0.1, 0.15) is 99.7 Å². The lowest BCUT2D eigenvalue weighted by atomic mass is 9.83. The summed E-state index contributed by atoms with van der Waals surface area (Å²) in [5, 5.41) is 37.5. The van der Waals surface area contributed by atoms with Gasteiger partial charge >= 0.3 is 12.1 Å². The van der Waals surface area contributed by atoms with Crippen LogP contribution in [0.25, 0.3) is 0 Å². The fourth-order valence-corrected chi connectivity index (χ4v) is 11.7. The van der Waals surface area contributed by atoms with E-state index in [9.17, 15) is 71.3 Å². The number of carbonyl (C=O) groups excluding carboxylic acids is 9. The molecule has 2 fully saturated rings. The van der Waals surface area contributed by atoms with Crippen molar-refractivity contribution >= 4 is 97.9 Å². The second-order valence-electron chi connectivity index (χ2n) is 22.8. The Morgan fingerprint density at radius 3 is 2.40 bits per heavy atom. The third kappa shape index (κ3) is 18.6. The van der Waals surface area contributed by atoms with Crippen molar-refractivity contribution in [1.29, 1.82) is 0 Å². The Bertz CT molecular complexity index is 3700. The van der Waals surface area contributed by atoms with Gasteiger partial charge in [-0.05, 0) is 81.5 Å². The summed E-state index contributed by atoms with van der Waals surface area (Å²) in [5.41, 5.74) is -0.807. The van der Waals surface area contributed by atoms with Gasteiger partial charge in [-0.15, -0.1) is 0 Å². The van der Waals surface area contributed by atoms with Gasteiger partial charge in [0.15, 0.2) is 5.72 Å². The molecule has 0 radical (unpaired) electrons. The molecule has 500 valence electrons. The average molecular weight is 1340 g/mol. The molecule has 93 heavy (non-hydrogen) atoms. The van der Waals surface area contributed by atoms with Crippen molar-refractivity contribution < 1.29 is 94.2 Å². The van der Waals surface area contributed by atoms with E-state index >= 15 is 4.39 Å². The molecule has 32 heteroatoms. The number of amides is 8. The molecule has 8 atom stereocenters. The van der Waals surface area contributed by atoms with Crippen LogP contribution in [0, 0.1) is 21.8 Å². The first-order chi connectivity index (χ1) is 43.8. The number of ether oxygens (including phenoxy) is 5. The number of allylic oxidation sites excluding steroid dienone is 3. The summed E-state index contributed by atoms with van der Waals surface area (Å²) < 4.78 is 78.0. The Morgan fingerprint density at radius 2 is 1.73 bits per heavy atom. The largest absolute Gasteiger partial charge is 0.495 e. The van der Waals surface area contributed by atoms with Gasteiger partial charge in [0.2, 0.25) is 23.6 Å². The van der Waals surface area contributed by atoms with E-state index in [2.05, 4.69) is 31.8 Å². The number of fused-ring (bicyclic) bond motifs is 5. The van der Waals surface area contributed by atoms with Gasteiger partial charge in [0, 0.05) is 81.9 Å². The molecule has 4 heterocycles. The number of imide groups is 1. The van der Waals surface area contributed by atoms with Gasteiger partial charge in [-0.25, -0.2) is 14.6 Å². The zero-order valence-electron chi connectivity index (χ0n) is 51.7. The van der Waals surface area contributed by atoms with Crippen LogP contribution in [0.4, 0.5) is 26.2 Å². The third-order valence-corrected chi connectivity index (χ3v) is 17.1. The van der Waals surface area contributed by atoms with Crippen LogP contribution in [0.3, 0.4) is 0 Å². The Labute approximate surface area is 538 Å². The molecule has 4 aliphatic rings. The molecule has 0 aromatic heterocycles. The van der Waals surface area contributed by atoms with Crippen LogP contribution in [0.2, 0.25) is 5.02 Å². The summed E-state index contributed by atoms with van der Waals surface area (Å²) in [6, 6.07) is 8.36. The lowest BCUT2D eigenvalue weighted by Gasteiger charge is -2.42. The molecule has 3 aromatic rings. The summed E-state index contributed by atoms with van der Waals surface area (Å²) >= 11 is 6.80. The summed E-state index contributed by atoms with van der Waals surface area (Å²) in [7, 11) is -0.516. The Morgan fingerprint density at radius 1 is 1.01 bits per heavy atom. The van der Waals surface area contributed by atoms with Gasteiger partial charge in [-0.1, -0.05) is 60.9 Å². The number of anilines is 2. The monoisotopic (exact) mass is 1340 g/mol. The molecule has 0 aliphatic carbocycles. The first-order valence-electron chi connectivity index (χ1n) is 29.2. The number of nitrogens with one attached hydrogen (secondary N) is 5. The third-order valence-electron chi connectivity index (χ3n) is 15.9. The van der Waals surface area contributed by atoms with Crippen LogP contribution < -0.4 is 36.3 Å². The van der Waals surface area contributed by atoms with Crippen molar-refractivity contribution in [1.82, 2.24) is 26.3 Å². The van der Waals surface area contributed by atoms with Crippen molar-refractivity contribution in [2.24, 2.45) is 11.0 Å². The lowest BCUT2D eigenvalue weighted by molar-refractivity contribution is -0.385. The molecule has 4 aliphatic heterocycles. The molecule has 0 spiro atoms. The number of hydrogen-bond donors (Lipinski definition) is 7. The maximum absolute atomic E-state index is 16.0. The topological polar surface area (TPSA) is 400 Å². The first-order valence-corrected chi connectivity index (χ1v) is 31.2. The number of nitro groups is 1. The lowest BCUT2D eigenvalue weighted by Crippen LogP contribution is -2.63. The predicted molar refractivity (Wildman–Crippen MR) is 331 cm³/mol. The number of carbonyl (C=O) groups is 9. The molecular formula is C61H71ClFN9O20S. The Kier molecular flexibility index (Phi) is 23.5. The number of epoxide rings is 1. The van der Waals surface area contributed by atoms with Gasteiger partial charge in [-0.3, -0.25) is 63.2 Å². The number of aliphatic hydroxyl groups is 1. The van der Waals surface area contributed by atoms with E-state index in [1.807, 2.05) is 6.92 Å². The van der Waals surface area contributed by atoms with Crippen molar-refractivity contribution in [3.63, 3.8) is 0 Å². The number of nitrogens with zero attached hydrogens (tertiary/aromatic N) is 4. The number of alkyl carbamates (subject to hydrolysis) is 1. The maximum Gasteiger partial charge on any atom is 0.409 e. The predicted octanol–water partition coefficient (Wildman–Crippen LogP) is 4.41. The number of halogens is 2. The minimum atomic E-state index is -4.80. The molecular weight excluding hydrogens is 1270 g/mol. The highest BCUT2D eigenvalue weighted by Crippen LogP contribution is 2.49. The van der Waals surface area contributed by atoms with Crippen LogP contribution in [-0.2, 0) is 75.5 Å². The van der Waals surface area contributed by atoms with Crippen molar-refractivity contribution in [3.05, 3.63) is 128 Å². The number of unbranched alkanes of at least 4 members (excludes halogenated alkanes) is 2. The number of esters is 1. The number of hydrazone groups is 1. The second-order valence-corrected chi connectivity index (χ2v) is 24.7. The summed E-state index contributed by atoms with van der Waals surface area (Å²) in [6.45, 7) is 6.25. The molecule has 8 amide bonds. The van der Waals surface area contributed by atoms with Crippen LogP contribution in [0.15, 0.2) is 89.6 Å². The van der Waals surface area contributed by atoms with Gasteiger partial charge in [-0.2, -0.15) is 13.5 Å². The van der Waals surface area contributed by atoms with Gasteiger partial charge in [0.1, 0.15) is 57.9 Å². The number of benzene rings is 3. The highest BCUT2D eigenvalue weighted by atomic mass is 35.5. The SMILES string of the molecule is COc1cc2cc(c1Cl)N(C)C(=O)C[C@H](OC(=O)Cc1ccc(/C(C)=N/NC(=O)c3ccc(NC(=O)CCNC(=O)[C@H](CS(=O)(=O)O)NC(=O)CCCCCN4C(=O)C=CC4=O)cc3[N+](=O)[O-])cc1F)[C@]1(C)O[C@H]1[C@H](C)[C@@H]1C[C@@](O)(NC(=O)O1)[C@H](OC)/C=C/C=C(\C)C2. The number of methoxy groups -OCH3 is 2. The fourth-order valence-electron chi connectivity index (χ4n) is 10.8. The average Bonchev–Trinajstić information content (AvgIpc) is 1.58. The first kappa shape index (κ1) is 71.4. The molecule has 0 saturated carbocycles. The van der Waals surface area contributed by atoms with Gasteiger partial charge in [0.05, 0.1) is 42.4 Å². The molecule has 7 rings (SSSR count). The van der Waals surface area contributed by atoms with Gasteiger partial charge in [0.25, 0.3) is 33.5 Å². The zero-order valence-corrected chi connectivity index (χ0v) is 53.2. The second kappa shape index (κ2) is 30.6.